The number of benzene rings is 1. The number of likely N-dealkylation sites (tertiary alicyclic amines) is 1. The van der Waals surface area contributed by atoms with Crippen LogP contribution in [-0.4, -0.2) is 66.4 Å². The number of piperidine rings is 1. The fourth-order valence-corrected chi connectivity index (χ4v) is 5.66. The molecule has 5 rings (SSSR count). The smallest absolute Gasteiger partial charge is 0.419 e. The number of anilines is 1. The fourth-order valence-electron chi connectivity index (χ4n) is 5.34. The van der Waals surface area contributed by atoms with E-state index in [0.29, 0.717) is 46.5 Å². The van der Waals surface area contributed by atoms with Gasteiger partial charge in [-0.25, -0.2) is 19.6 Å². The molecule has 0 aliphatic carbocycles. The maximum absolute atomic E-state index is 13.2. The number of halogens is 1. The van der Waals surface area contributed by atoms with Crippen molar-refractivity contribution in [3.63, 3.8) is 0 Å². The lowest BCUT2D eigenvalue weighted by atomic mass is 10.1. The van der Waals surface area contributed by atoms with E-state index in [2.05, 4.69) is 19.2 Å². The Kier molecular flexibility index (Phi) is 8.11. The number of carbonyl (C=O) groups excluding carboxylic acids is 2. The summed E-state index contributed by atoms with van der Waals surface area (Å²) < 4.78 is 14.8. The predicted octanol–water partition coefficient (Wildman–Crippen LogP) is 7.72. The maximum Gasteiger partial charge on any atom is 0.419 e. The van der Waals surface area contributed by atoms with Gasteiger partial charge < -0.3 is 19.7 Å². The van der Waals surface area contributed by atoms with E-state index in [-0.39, 0.29) is 18.1 Å². The molecule has 3 aromatic heterocycles. The summed E-state index contributed by atoms with van der Waals surface area (Å²) in [5, 5.41) is 4.78. The van der Waals surface area contributed by atoms with Crippen LogP contribution < -0.4 is 5.32 Å². The van der Waals surface area contributed by atoms with Gasteiger partial charge in [0, 0.05) is 48.2 Å². The number of aromatic nitrogens is 4. The van der Waals surface area contributed by atoms with E-state index in [1.165, 1.54) is 4.57 Å². The van der Waals surface area contributed by atoms with Crippen molar-refractivity contribution in [2.24, 2.45) is 0 Å². The molecule has 10 nitrogen and oxygen atoms in total. The molecule has 1 fully saturated rings. The summed E-state index contributed by atoms with van der Waals surface area (Å²) in [4.78, 5) is 37.6. The SMILES string of the molecule is CC(C)c1cnc2c(N[C@H]3CCCN(C(=O)OC(C)(C)C)C3)nc(-c3cn(C(=O)OC(C)(C)C)c4ccccc34)c(Cl)n12. The molecule has 1 aliphatic rings. The highest BCUT2D eigenvalue weighted by atomic mass is 35.5. The molecular weight excluding hydrogens is 568 g/mol. The number of amides is 1. The molecule has 43 heavy (non-hydrogen) atoms. The molecule has 0 bridgehead atoms. The Morgan fingerprint density at radius 3 is 2.40 bits per heavy atom. The molecule has 1 amide bonds. The highest BCUT2D eigenvalue weighted by molar-refractivity contribution is 6.32. The van der Waals surface area contributed by atoms with Crippen LogP contribution in [0.3, 0.4) is 0 Å². The standard InChI is InChI=1S/C32H41ClN6O4/c1-19(2)24-16-34-28-27(35-20-12-11-15-37(17-20)29(40)42-31(3,4)5)36-25(26(33)39(24)28)22-18-38(30(41)43-32(6,7)8)23-14-10-9-13-21(22)23/h9-10,13-14,16,18-20H,11-12,15,17H2,1-8H3,(H,35,36)/t20-/m0/s1. The van der Waals surface area contributed by atoms with Crippen LogP contribution >= 0.6 is 11.6 Å². The van der Waals surface area contributed by atoms with Crippen molar-refractivity contribution in [2.75, 3.05) is 18.4 Å². The van der Waals surface area contributed by atoms with Crippen molar-refractivity contribution in [3.05, 3.63) is 47.5 Å². The first-order chi connectivity index (χ1) is 20.1. The zero-order valence-electron chi connectivity index (χ0n) is 26.2. The number of ether oxygens (including phenoxy) is 2. The van der Waals surface area contributed by atoms with Gasteiger partial charge in [-0.15, -0.1) is 0 Å². The molecule has 1 saturated heterocycles. The van der Waals surface area contributed by atoms with Gasteiger partial charge in [-0.3, -0.25) is 8.97 Å². The molecule has 1 N–H and O–H groups in total. The molecule has 1 aromatic carbocycles. The second kappa shape index (κ2) is 11.4. The van der Waals surface area contributed by atoms with Gasteiger partial charge in [-0.1, -0.05) is 43.6 Å². The van der Waals surface area contributed by atoms with Crippen LogP contribution in [0.25, 0.3) is 27.8 Å². The fraction of sp³-hybridized carbons (Fsp3) is 0.500. The molecular formula is C32H41ClN6O4. The maximum atomic E-state index is 13.2. The van der Waals surface area contributed by atoms with Gasteiger partial charge in [0.05, 0.1) is 5.52 Å². The molecule has 4 aromatic rings. The van der Waals surface area contributed by atoms with E-state index in [1.54, 1.807) is 11.1 Å². The highest BCUT2D eigenvalue weighted by Crippen LogP contribution is 2.38. The number of imidazole rings is 1. The minimum absolute atomic E-state index is 0.0751. The van der Waals surface area contributed by atoms with Crippen LogP contribution in [0, 0.1) is 0 Å². The molecule has 0 radical (unpaired) electrons. The van der Waals surface area contributed by atoms with Gasteiger partial charge in [-0.05, 0) is 66.4 Å². The number of nitrogens with one attached hydrogen (secondary N) is 1. The quantitative estimate of drug-likeness (QED) is 0.253. The highest BCUT2D eigenvalue weighted by Gasteiger charge is 2.30. The Hall–Kier alpha value is -3.79. The summed E-state index contributed by atoms with van der Waals surface area (Å²) in [6, 6.07) is 7.54. The van der Waals surface area contributed by atoms with E-state index >= 15 is 0 Å². The van der Waals surface area contributed by atoms with E-state index in [0.717, 1.165) is 23.9 Å². The largest absolute Gasteiger partial charge is 0.444 e. The van der Waals surface area contributed by atoms with E-state index < -0.39 is 17.3 Å². The van der Waals surface area contributed by atoms with E-state index in [9.17, 15) is 9.59 Å². The van der Waals surface area contributed by atoms with Crippen LogP contribution in [0.1, 0.15) is 79.8 Å². The monoisotopic (exact) mass is 608 g/mol. The van der Waals surface area contributed by atoms with Gasteiger partial charge in [0.25, 0.3) is 0 Å². The average Bonchev–Trinajstić information content (AvgIpc) is 3.52. The van der Waals surface area contributed by atoms with Crippen molar-refractivity contribution in [1.82, 2.24) is 23.8 Å². The number of rotatable bonds is 4. The lowest BCUT2D eigenvalue weighted by Crippen LogP contribution is -2.47. The van der Waals surface area contributed by atoms with E-state index in [1.807, 2.05) is 76.4 Å². The first kappa shape index (κ1) is 30.7. The predicted molar refractivity (Wildman–Crippen MR) is 169 cm³/mol. The summed E-state index contributed by atoms with van der Waals surface area (Å²) in [6.07, 6.45) is 4.41. The Balaban J connectivity index is 1.60. The van der Waals surface area contributed by atoms with Crippen LogP contribution in [0.4, 0.5) is 15.4 Å². The van der Waals surface area contributed by atoms with Crippen LogP contribution in [-0.2, 0) is 9.47 Å². The Bertz CT molecular complexity index is 1680. The van der Waals surface area contributed by atoms with Crippen LogP contribution in [0.15, 0.2) is 36.7 Å². The Morgan fingerprint density at radius 2 is 1.72 bits per heavy atom. The van der Waals surface area contributed by atoms with Gasteiger partial charge in [0.1, 0.15) is 22.0 Å². The Labute approximate surface area is 257 Å². The minimum atomic E-state index is -0.662. The number of nitrogens with zero attached hydrogens (tertiary/aromatic N) is 5. The zero-order valence-corrected chi connectivity index (χ0v) is 27.0. The molecule has 1 aliphatic heterocycles. The topological polar surface area (TPSA) is 103 Å². The number of para-hydroxylation sites is 1. The minimum Gasteiger partial charge on any atom is -0.444 e. The van der Waals surface area contributed by atoms with Crippen molar-refractivity contribution in [1.29, 1.82) is 0 Å². The number of hydrogen-bond donors (Lipinski definition) is 1. The molecule has 0 saturated carbocycles. The Morgan fingerprint density at radius 1 is 1.05 bits per heavy atom. The third-order valence-electron chi connectivity index (χ3n) is 7.18. The molecule has 4 heterocycles. The lowest BCUT2D eigenvalue weighted by molar-refractivity contribution is 0.0206. The normalized spacial score (nSPS) is 16.2. The summed E-state index contributed by atoms with van der Waals surface area (Å²) >= 11 is 7.14. The average molecular weight is 609 g/mol. The van der Waals surface area contributed by atoms with Gasteiger partial charge in [0.15, 0.2) is 11.5 Å². The first-order valence-electron chi connectivity index (χ1n) is 14.8. The van der Waals surface area contributed by atoms with E-state index in [4.69, 9.17) is 31.0 Å². The molecule has 1 atom stereocenters. The second-order valence-electron chi connectivity index (χ2n) is 13.4. The van der Waals surface area contributed by atoms with Crippen molar-refractivity contribution < 1.29 is 19.1 Å². The second-order valence-corrected chi connectivity index (χ2v) is 13.8. The van der Waals surface area contributed by atoms with Crippen molar-refractivity contribution in [2.45, 2.75) is 91.4 Å². The van der Waals surface area contributed by atoms with Crippen LogP contribution in [0.2, 0.25) is 5.15 Å². The zero-order chi connectivity index (χ0) is 31.3. The van der Waals surface area contributed by atoms with Crippen molar-refractivity contribution >= 4 is 46.2 Å². The molecule has 0 spiro atoms. The third-order valence-corrected chi connectivity index (χ3v) is 7.53. The number of carbonyl (C=O) groups is 2. The van der Waals surface area contributed by atoms with Crippen LogP contribution in [0.5, 0.6) is 0 Å². The lowest BCUT2D eigenvalue weighted by Gasteiger charge is -2.34. The third kappa shape index (κ3) is 6.44. The summed E-state index contributed by atoms with van der Waals surface area (Å²) in [5.41, 5.74) is 2.19. The van der Waals surface area contributed by atoms with Gasteiger partial charge in [-0.2, -0.15) is 0 Å². The van der Waals surface area contributed by atoms with Gasteiger partial charge in [0.2, 0.25) is 0 Å². The number of hydrogen-bond acceptors (Lipinski definition) is 7. The summed E-state index contributed by atoms with van der Waals surface area (Å²) in [6.45, 7) is 16.4. The number of fused-ring (bicyclic) bond motifs is 2. The molecule has 0 unspecified atom stereocenters. The summed E-state index contributed by atoms with van der Waals surface area (Å²) in [5.74, 6) is 0.687. The van der Waals surface area contributed by atoms with Crippen molar-refractivity contribution in [3.8, 4) is 11.3 Å². The molecule has 230 valence electrons. The first-order valence-corrected chi connectivity index (χ1v) is 15.2. The van der Waals surface area contributed by atoms with Gasteiger partial charge >= 0.3 is 12.2 Å². The summed E-state index contributed by atoms with van der Waals surface area (Å²) in [7, 11) is 0. The molecule has 11 heteroatoms.